The van der Waals surface area contributed by atoms with Gasteiger partial charge < -0.3 is 15.4 Å². The molecule has 1 aliphatic rings. The zero-order valence-electron chi connectivity index (χ0n) is 17.4. The third-order valence-electron chi connectivity index (χ3n) is 6.02. The van der Waals surface area contributed by atoms with E-state index < -0.39 is 0 Å². The molecule has 4 rings (SSSR count). The molecule has 0 unspecified atom stereocenters. The molecule has 1 saturated heterocycles. The number of rotatable bonds is 6. The normalized spacial score (nSPS) is 19.5. The fraction of sp³-hybridized carbons (Fsp3) is 0.308. The van der Waals surface area contributed by atoms with E-state index in [-0.39, 0.29) is 6.10 Å². The van der Waals surface area contributed by atoms with E-state index in [1.54, 1.807) is 0 Å². The monoisotopic (exact) mass is 420 g/mol. The number of halogens is 1. The average molecular weight is 421 g/mol. The maximum atomic E-state index is 6.46. The lowest BCUT2D eigenvalue weighted by molar-refractivity contribution is 0.0781. The maximum absolute atomic E-state index is 6.46. The Labute approximate surface area is 184 Å². The molecule has 1 aliphatic heterocycles. The Morgan fingerprint density at radius 3 is 2.47 bits per heavy atom. The summed E-state index contributed by atoms with van der Waals surface area (Å²) in [7, 11) is 0. The Bertz CT molecular complexity index is 956. The summed E-state index contributed by atoms with van der Waals surface area (Å²) in [6.07, 6.45) is 2.19. The number of aryl methyl sites for hydroxylation is 1. The molecule has 0 amide bonds. The third kappa shape index (κ3) is 5.16. The summed E-state index contributed by atoms with van der Waals surface area (Å²) < 4.78 is 6.46. The van der Waals surface area contributed by atoms with Gasteiger partial charge in [0.05, 0.1) is 0 Å². The summed E-state index contributed by atoms with van der Waals surface area (Å²) in [6, 6.07) is 24.6. The van der Waals surface area contributed by atoms with Crippen molar-refractivity contribution in [3.63, 3.8) is 0 Å². The van der Waals surface area contributed by atoms with Crippen LogP contribution in [0.1, 0.15) is 29.0 Å². The largest absolute Gasteiger partial charge is 0.490 e. The zero-order valence-corrected chi connectivity index (χ0v) is 18.2. The lowest BCUT2D eigenvalue weighted by atomic mass is 9.85. The number of nitrogens with zero attached hydrogens (tertiary/aromatic N) is 1. The van der Waals surface area contributed by atoms with Crippen molar-refractivity contribution in [2.24, 2.45) is 0 Å². The molecule has 156 valence electrons. The molecule has 0 aromatic heterocycles. The second-order valence-electron chi connectivity index (χ2n) is 8.15. The van der Waals surface area contributed by atoms with Crippen molar-refractivity contribution in [1.29, 1.82) is 0 Å². The molecule has 1 fully saturated rings. The second-order valence-corrected chi connectivity index (χ2v) is 8.59. The number of nitrogens with two attached hydrogens (primary N) is 1. The third-order valence-corrected chi connectivity index (χ3v) is 6.27. The van der Waals surface area contributed by atoms with E-state index in [1.165, 1.54) is 16.7 Å². The molecule has 0 radical (unpaired) electrons. The minimum Gasteiger partial charge on any atom is -0.490 e. The molecule has 1 heterocycles. The number of ether oxygens (including phenoxy) is 1. The van der Waals surface area contributed by atoms with Gasteiger partial charge in [-0.05, 0) is 72.9 Å². The first kappa shape index (κ1) is 20.8. The van der Waals surface area contributed by atoms with Gasteiger partial charge >= 0.3 is 0 Å². The van der Waals surface area contributed by atoms with Gasteiger partial charge in [0.1, 0.15) is 11.9 Å². The van der Waals surface area contributed by atoms with E-state index in [9.17, 15) is 0 Å². The van der Waals surface area contributed by atoms with Gasteiger partial charge in [0, 0.05) is 36.3 Å². The molecule has 0 spiro atoms. The first-order valence-electron chi connectivity index (χ1n) is 10.6. The van der Waals surface area contributed by atoms with Crippen LogP contribution in [-0.4, -0.2) is 30.6 Å². The van der Waals surface area contributed by atoms with Crippen LogP contribution in [0.15, 0.2) is 72.8 Å². The highest BCUT2D eigenvalue weighted by Crippen LogP contribution is 2.33. The number of hydrogen-bond donors (Lipinski definition) is 1. The molecule has 3 aromatic carbocycles. The maximum Gasteiger partial charge on any atom is 0.119 e. The summed E-state index contributed by atoms with van der Waals surface area (Å²) in [5, 5.41) is 0.732. The van der Waals surface area contributed by atoms with Crippen molar-refractivity contribution in [3.05, 3.63) is 94.5 Å². The van der Waals surface area contributed by atoms with E-state index in [4.69, 9.17) is 22.1 Å². The van der Waals surface area contributed by atoms with Crippen molar-refractivity contribution in [1.82, 2.24) is 4.90 Å². The molecular weight excluding hydrogens is 392 g/mol. The van der Waals surface area contributed by atoms with E-state index in [2.05, 4.69) is 48.2 Å². The predicted octanol–water partition coefficient (Wildman–Crippen LogP) is 5.71. The van der Waals surface area contributed by atoms with E-state index >= 15 is 0 Å². The molecule has 4 heteroatoms. The molecule has 30 heavy (non-hydrogen) atoms. The molecule has 3 aromatic rings. The van der Waals surface area contributed by atoms with Gasteiger partial charge in [-0.25, -0.2) is 0 Å². The standard InChI is InChI=1S/C26H29ClN2O/c1-19-4-2-3-5-24(19)25-18-29(16-14-20-6-10-22(28)11-7-20)17-15-26(25)30-23-12-8-21(27)9-13-23/h2-13,25-26H,14-18,28H2,1H3/t25-,26-/m1/s1. The number of anilines is 1. The SMILES string of the molecule is Cc1ccccc1[C@H]1CN(CCc2ccc(N)cc2)CC[C@H]1Oc1ccc(Cl)cc1. The fourth-order valence-electron chi connectivity index (χ4n) is 4.30. The van der Waals surface area contributed by atoms with Crippen LogP contribution in [0.2, 0.25) is 5.02 Å². The Morgan fingerprint density at radius 2 is 1.73 bits per heavy atom. The number of benzene rings is 3. The van der Waals surface area contributed by atoms with E-state index in [0.29, 0.717) is 5.92 Å². The van der Waals surface area contributed by atoms with Crippen molar-refractivity contribution in [3.8, 4) is 5.75 Å². The van der Waals surface area contributed by atoms with Gasteiger partial charge in [-0.2, -0.15) is 0 Å². The van der Waals surface area contributed by atoms with Gasteiger partial charge in [-0.3, -0.25) is 0 Å². The molecule has 0 bridgehead atoms. The molecule has 2 N–H and O–H groups in total. The molecule has 0 aliphatic carbocycles. The van der Waals surface area contributed by atoms with Gasteiger partial charge in [0.25, 0.3) is 0 Å². The number of likely N-dealkylation sites (tertiary alicyclic amines) is 1. The summed E-state index contributed by atoms with van der Waals surface area (Å²) in [4.78, 5) is 2.56. The van der Waals surface area contributed by atoms with Crippen LogP contribution < -0.4 is 10.5 Å². The predicted molar refractivity (Wildman–Crippen MR) is 125 cm³/mol. The second kappa shape index (κ2) is 9.55. The minimum absolute atomic E-state index is 0.153. The zero-order chi connectivity index (χ0) is 20.9. The highest BCUT2D eigenvalue weighted by Gasteiger charge is 2.32. The Balaban J connectivity index is 1.48. The lowest BCUT2D eigenvalue weighted by Gasteiger charge is -2.39. The van der Waals surface area contributed by atoms with Crippen LogP contribution in [0.4, 0.5) is 5.69 Å². The summed E-state index contributed by atoms with van der Waals surface area (Å²) >= 11 is 6.04. The van der Waals surface area contributed by atoms with Crippen molar-refractivity contribution >= 4 is 17.3 Å². The quantitative estimate of drug-likeness (QED) is 0.519. The van der Waals surface area contributed by atoms with E-state index in [1.807, 2.05) is 36.4 Å². The van der Waals surface area contributed by atoms with Crippen molar-refractivity contribution < 1.29 is 4.74 Å². The van der Waals surface area contributed by atoms with Gasteiger partial charge in [0.15, 0.2) is 0 Å². The molecule has 3 nitrogen and oxygen atoms in total. The van der Waals surface area contributed by atoms with Crippen LogP contribution >= 0.6 is 11.6 Å². The smallest absolute Gasteiger partial charge is 0.119 e. The van der Waals surface area contributed by atoms with E-state index in [0.717, 1.165) is 48.9 Å². The van der Waals surface area contributed by atoms with Gasteiger partial charge in [-0.15, -0.1) is 0 Å². The molecular formula is C26H29ClN2O. The Hall–Kier alpha value is -2.49. The lowest BCUT2D eigenvalue weighted by Crippen LogP contribution is -2.45. The number of hydrogen-bond acceptors (Lipinski definition) is 3. The van der Waals surface area contributed by atoms with Crippen LogP contribution in [0.3, 0.4) is 0 Å². The van der Waals surface area contributed by atoms with Gasteiger partial charge in [0.2, 0.25) is 0 Å². The highest BCUT2D eigenvalue weighted by atomic mass is 35.5. The molecule has 0 saturated carbocycles. The van der Waals surface area contributed by atoms with Crippen LogP contribution in [0.25, 0.3) is 0 Å². The Morgan fingerprint density at radius 1 is 1.00 bits per heavy atom. The number of piperidine rings is 1. The summed E-state index contributed by atoms with van der Waals surface area (Å²) in [6.45, 7) is 5.27. The van der Waals surface area contributed by atoms with Crippen molar-refractivity contribution in [2.75, 3.05) is 25.4 Å². The van der Waals surface area contributed by atoms with Crippen LogP contribution in [0.5, 0.6) is 5.75 Å². The average Bonchev–Trinajstić information content (AvgIpc) is 2.76. The minimum atomic E-state index is 0.153. The van der Waals surface area contributed by atoms with Gasteiger partial charge in [-0.1, -0.05) is 48.0 Å². The van der Waals surface area contributed by atoms with Crippen LogP contribution in [0, 0.1) is 6.92 Å². The first-order chi connectivity index (χ1) is 14.6. The molecule has 2 atom stereocenters. The Kier molecular flexibility index (Phi) is 6.61. The first-order valence-corrected chi connectivity index (χ1v) is 11.0. The topological polar surface area (TPSA) is 38.5 Å². The fourth-order valence-corrected chi connectivity index (χ4v) is 4.43. The summed E-state index contributed by atoms with van der Waals surface area (Å²) in [5.41, 5.74) is 10.7. The highest BCUT2D eigenvalue weighted by molar-refractivity contribution is 6.30. The number of nitrogen functional groups attached to an aromatic ring is 1. The summed E-state index contributed by atoms with van der Waals surface area (Å²) in [5.74, 6) is 1.22. The van der Waals surface area contributed by atoms with Crippen LogP contribution in [-0.2, 0) is 6.42 Å². The van der Waals surface area contributed by atoms with Crippen molar-refractivity contribution in [2.45, 2.75) is 31.8 Å².